The predicted octanol–water partition coefficient (Wildman–Crippen LogP) is 1.82. The van der Waals surface area contributed by atoms with Gasteiger partial charge in [0.2, 0.25) is 0 Å². The van der Waals surface area contributed by atoms with Gasteiger partial charge in [-0.25, -0.2) is 9.37 Å². The van der Waals surface area contributed by atoms with Gasteiger partial charge >= 0.3 is 0 Å². The van der Waals surface area contributed by atoms with Crippen molar-refractivity contribution in [3.05, 3.63) is 34.8 Å². The summed E-state index contributed by atoms with van der Waals surface area (Å²) in [4.78, 5) is 11.1. The van der Waals surface area contributed by atoms with Crippen molar-refractivity contribution in [1.29, 1.82) is 0 Å². The summed E-state index contributed by atoms with van der Waals surface area (Å²) in [5, 5.41) is 0.590. The molecule has 0 amide bonds. The van der Waals surface area contributed by atoms with Gasteiger partial charge in [-0.05, 0) is 6.07 Å². The second-order valence-electron chi connectivity index (χ2n) is 3.92. The fourth-order valence-corrected chi connectivity index (χ4v) is 2.94. The first kappa shape index (κ1) is 10.5. The zero-order chi connectivity index (χ0) is 11.8. The lowest BCUT2D eigenvalue weighted by atomic mass is 10.1. The predicted molar refractivity (Wildman–Crippen MR) is 65.5 cm³/mol. The van der Waals surface area contributed by atoms with Crippen LogP contribution in [0, 0.1) is 5.82 Å². The molecule has 4 nitrogen and oxygen atoms in total. The third-order valence-electron chi connectivity index (χ3n) is 2.84. The molecular formula is C11H11FN4S. The van der Waals surface area contributed by atoms with Crippen LogP contribution in [0.2, 0.25) is 0 Å². The van der Waals surface area contributed by atoms with Crippen LogP contribution in [0.15, 0.2) is 18.5 Å². The van der Waals surface area contributed by atoms with E-state index in [-0.39, 0.29) is 5.82 Å². The molecule has 0 aliphatic carbocycles. The molecule has 3 rings (SSSR count). The number of nitrogen functional groups attached to an aromatic ring is 1. The Morgan fingerprint density at radius 1 is 1.47 bits per heavy atom. The van der Waals surface area contributed by atoms with Crippen LogP contribution in [-0.2, 0) is 13.0 Å². The van der Waals surface area contributed by atoms with E-state index in [0.29, 0.717) is 17.4 Å². The van der Waals surface area contributed by atoms with Crippen molar-refractivity contribution in [2.24, 2.45) is 0 Å². The molecule has 88 valence electrons. The van der Waals surface area contributed by atoms with Crippen molar-refractivity contribution in [2.75, 3.05) is 17.2 Å². The van der Waals surface area contributed by atoms with Crippen molar-refractivity contribution in [2.45, 2.75) is 13.0 Å². The van der Waals surface area contributed by atoms with Gasteiger partial charge in [0.1, 0.15) is 0 Å². The molecule has 0 aromatic carbocycles. The van der Waals surface area contributed by atoms with Gasteiger partial charge in [0.25, 0.3) is 0 Å². The third-order valence-corrected chi connectivity index (χ3v) is 3.75. The molecule has 0 bridgehead atoms. The molecule has 17 heavy (non-hydrogen) atoms. The second-order valence-corrected chi connectivity index (χ2v) is 5.04. The van der Waals surface area contributed by atoms with E-state index >= 15 is 0 Å². The number of thiazole rings is 1. The molecule has 0 atom stereocenters. The Balaban J connectivity index is 1.91. The Kier molecular flexibility index (Phi) is 2.44. The molecule has 2 N–H and O–H groups in total. The van der Waals surface area contributed by atoms with Gasteiger partial charge in [-0.2, -0.15) is 0 Å². The highest BCUT2D eigenvalue weighted by Gasteiger charge is 2.21. The van der Waals surface area contributed by atoms with Crippen LogP contribution in [0.3, 0.4) is 0 Å². The van der Waals surface area contributed by atoms with Gasteiger partial charge < -0.3 is 10.6 Å². The first-order valence-corrected chi connectivity index (χ1v) is 6.14. The summed E-state index contributed by atoms with van der Waals surface area (Å²) in [5.74, 6) is -0.284. The van der Waals surface area contributed by atoms with E-state index in [9.17, 15) is 4.39 Å². The van der Waals surface area contributed by atoms with Crippen molar-refractivity contribution < 1.29 is 4.39 Å². The van der Waals surface area contributed by atoms with Gasteiger partial charge in [0.05, 0.1) is 24.1 Å². The first-order valence-electron chi connectivity index (χ1n) is 5.32. The number of nitrogens with zero attached hydrogens (tertiary/aromatic N) is 3. The lowest BCUT2D eigenvalue weighted by Crippen LogP contribution is -2.30. The maximum Gasteiger partial charge on any atom is 0.180 e. The summed E-state index contributed by atoms with van der Waals surface area (Å²) >= 11 is 1.48. The number of anilines is 2. The summed E-state index contributed by atoms with van der Waals surface area (Å²) in [6.45, 7) is 1.43. The highest BCUT2D eigenvalue weighted by molar-refractivity contribution is 7.15. The number of aromatic nitrogens is 2. The molecule has 0 fully saturated rings. The number of hydrogen-bond donors (Lipinski definition) is 1. The normalized spacial score (nSPS) is 14.8. The molecule has 2 aromatic rings. The minimum atomic E-state index is -0.284. The average Bonchev–Trinajstić information content (AvgIpc) is 2.68. The van der Waals surface area contributed by atoms with Crippen molar-refractivity contribution in [3.8, 4) is 0 Å². The Morgan fingerprint density at radius 2 is 2.35 bits per heavy atom. The van der Waals surface area contributed by atoms with Crippen molar-refractivity contribution >= 4 is 22.2 Å². The molecule has 3 heterocycles. The quantitative estimate of drug-likeness (QED) is 0.838. The molecular weight excluding hydrogens is 239 g/mol. The van der Waals surface area contributed by atoms with Crippen LogP contribution in [0.4, 0.5) is 15.2 Å². The Bertz CT molecular complexity index is 554. The Hall–Kier alpha value is -1.69. The molecule has 0 saturated heterocycles. The van der Waals surface area contributed by atoms with Crippen LogP contribution in [0.25, 0.3) is 0 Å². The Morgan fingerprint density at radius 3 is 3.18 bits per heavy atom. The summed E-state index contributed by atoms with van der Waals surface area (Å²) < 4.78 is 13.6. The van der Waals surface area contributed by atoms with Gasteiger partial charge in [-0.3, -0.25) is 4.98 Å². The van der Waals surface area contributed by atoms with E-state index in [0.717, 1.165) is 23.5 Å². The molecule has 1 aliphatic heterocycles. The fraction of sp³-hybridized carbons (Fsp3) is 0.273. The number of fused-ring (bicyclic) bond motifs is 1. The minimum Gasteiger partial charge on any atom is -0.375 e. The van der Waals surface area contributed by atoms with Crippen molar-refractivity contribution in [1.82, 2.24) is 9.97 Å². The number of nitrogens with two attached hydrogens (primary N) is 1. The molecule has 1 aliphatic rings. The topological polar surface area (TPSA) is 55.0 Å². The summed E-state index contributed by atoms with van der Waals surface area (Å²) in [6.07, 6.45) is 3.66. The van der Waals surface area contributed by atoms with Crippen LogP contribution >= 0.6 is 11.3 Å². The molecule has 0 saturated carbocycles. The average molecular weight is 250 g/mol. The third kappa shape index (κ3) is 1.84. The summed E-state index contributed by atoms with van der Waals surface area (Å²) in [6, 6.07) is 1.70. The van der Waals surface area contributed by atoms with Gasteiger partial charge in [0.15, 0.2) is 10.9 Å². The van der Waals surface area contributed by atoms with Gasteiger partial charge in [-0.1, -0.05) is 0 Å². The Labute approximate surface area is 102 Å². The zero-order valence-corrected chi connectivity index (χ0v) is 9.88. The molecule has 0 spiro atoms. The number of hydrogen-bond acceptors (Lipinski definition) is 5. The molecule has 0 unspecified atom stereocenters. The first-order chi connectivity index (χ1) is 8.24. The number of rotatable bonds is 1. The number of pyridine rings is 1. The number of halogens is 1. The highest BCUT2D eigenvalue weighted by Crippen LogP contribution is 2.30. The largest absolute Gasteiger partial charge is 0.375 e. The maximum atomic E-state index is 13.6. The van der Waals surface area contributed by atoms with Gasteiger partial charge in [-0.15, -0.1) is 11.3 Å². The van der Waals surface area contributed by atoms with E-state index in [2.05, 4.69) is 9.97 Å². The molecule has 2 aromatic heterocycles. The van der Waals surface area contributed by atoms with Crippen LogP contribution < -0.4 is 10.6 Å². The lowest BCUT2D eigenvalue weighted by molar-refractivity contribution is 0.605. The van der Waals surface area contributed by atoms with E-state index in [1.54, 1.807) is 12.3 Å². The van der Waals surface area contributed by atoms with E-state index in [1.165, 1.54) is 17.5 Å². The van der Waals surface area contributed by atoms with E-state index < -0.39 is 0 Å². The smallest absolute Gasteiger partial charge is 0.180 e. The zero-order valence-electron chi connectivity index (χ0n) is 9.06. The summed E-state index contributed by atoms with van der Waals surface area (Å²) in [5.41, 5.74) is 7.33. The van der Waals surface area contributed by atoms with E-state index in [4.69, 9.17) is 5.73 Å². The standard InChI is InChI=1S/C11H11FN4S/c12-7-5-14-3-1-9(7)16-4-2-8-10(6-16)17-11(13)15-8/h1,3,5H,2,4,6H2,(H2,13,15). The summed E-state index contributed by atoms with van der Waals surface area (Å²) in [7, 11) is 0. The minimum absolute atomic E-state index is 0.284. The molecule has 6 heteroatoms. The molecule has 0 radical (unpaired) electrons. The van der Waals surface area contributed by atoms with E-state index in [1.807, 2.05) is 4.90 Å². The SMILES string of the molecule is Nc1nc2c(s1)CN(c1ccncc1F)CC2. The lowest BCUT2D eigenvalue weighted by Gasteiger charge is -2.28. The maximum absolute atomic E-state index is 13.6. The highest BCUT2D eigenvalue weighted by atomic mass is 32.1. The van der Waals surface area contributed by atoms with Crippen molar-refractivity contribution in [3.63, 3.8) is 0 Å². The van der Waals surface area contributed by atoms with Gasteiger partial charge in [0, 0.05) is 24.0 Å². The van der Waals surface area contributed by atoms with Crippen LogP contribution in [0.5, 0.6) is 0 Å². The fourth-order valence-electron chi connectivity index (χ4n) is 2.05. The monoisotopic (exact) mass is 250 g/mol. The van der Waals surface area contributed by atoms with Crippen LogP contribution in [-0.4, -0.2) is 16.5 Å². The van der Waals surface area contributed by atoms with Crippen LogP contribution in [0.1, 0.15) is 10.6 Å². The second kappa shape index (κ2) is 3.96.